The molecule has 6 nitrogen and oxygen atoms in total. The molecule has 0 atom stereocenters. The molecule has 0 aromatic heterocycles. The summed E-state index contributed by atoms with van der Waals surface area (Å²) in [5.74, 6) is 0.192. The summed E-state index contributed by atoms with van der Waals surface area (Å²) in [7, 11) is -3.82. The topological polar surface area (TPSA) is 78.8 Å². The van der Waals surface area contributed by atoms with Crippen LogP contribution in [-0.4, -0.2) is 26.7 Å². The van der Waals surface area contributed by atoms with Gasteiger partial charge in [0.1, 0.15) is 10.7 Å². The van der Waals surface area contributed by atoms with Gasteiger partial charge in [-0.3, -0.25) is 4.79 Å². The van der Waals surface area contributed by atoms with Gasteiger partial charge in [-0.1, -0.05) is 24.1 Å². The molecule has 2 heterocycles. The van der Waals surface area contributed by atoms with Gasteiger partial charge in [-0.15, -0.1) is 4.40 Å². The van der Waals surface area contributed by atoms with Crippen LogP contribution in [0.2, 0.25) is 5.02 Å². The van der Waals surface area contributed by atoms with E-state index in [2.05, 4.69) is 9.71 Å². The standard InChI is InChI=1S/C19H18ClN3O3S/c20-14-5-4-6-15(12-14)21-19(24)13-8-9-16-17(11-13)27(25,26)22-18-7-2-1-3-10-23(16)18/h4-6,8-9,11-12H,1-3,7,10H2,(H,21,24). The Labute approximate surface area is 162 Å². The molecule has 8 heteroatoms. The Morgan fingerprint density at radius 3 is 2.78 bits per heavy atom. The predicted molar refractivity (Wildman–Crippen MR) is 106 cm³/mol. The van der Waals surface area contributed by atoms with Crippen LogP contribution in [0.4, 0.5) is 11.4 Å². The van der Waals surface area contributed by atoms with Crippen molar-refractivity contribution in [2.75, 3.05) is 16.8 Å². The zero-order valence-electron chi connectivity index (χ0n) is 14.5. The molecule has 1 fully saturated rings. The van der Waals surface area contributed by atoms with Gasteiger partial charge in [-0.2, -0.15) is 8.42 Å². The lowest BCUT2D eigenvalue weighted by molar-refractivity contribution is 0.102. The van der Waals surface area contributed by atoms with Crippen LogP contribution in [0.15, 0.2) is 51.8 Å². The minimum Gasteiger partial charge on any atom is -0.328 e. The van der Waals surface area contributed by atoms with Gasteiger partial charge in [0.15, 0.2) is 0 Å². The third-order valence-electron chi connectivity index (χ3n) is 4.69. The van der Waals surface area contributed by atoms with Gasteiger partial charge in [-0.05, 0) is 49.2 Å². The number of amides is 1. The second kappa shape index (κ2) is 6.98. The highest BCUT2D eigenvalue weighted by molar-refractivity contribution is 7.90. The molecule has 0 aliphatic carbocycles. The number of benzene rings is 2. The molecule has 27 heavy (non-hydrogen) atoms. The van der Waals surface area contributed by atoms with E-state index in [1.165, 1.54) is 6.07 Å². The molecule has 2 aliphatic heterocycles. The molecule has 4 rings (SSSR count). The number of nitrogens with zero attached hydrogens (tertiary/aromatic N) is 2. The number of halogens is 1. The summed E-state index contributed by atoms with van der Waals surface area (Å²) in [6, 6.07) is 11.5. The number of carbonyl (C=O) groups is 1. The third kappa shape index (κ3) is 3.57. The number of hydrogen-bond donors (Lipinski definition) is 1. The second-order valence-electron chi connectivity index (χ2n) is 6.59. The van der Waals surface area contributed by atoms with Crippen LogP contribution in [-0.2, 0) is 10.0 Å². The van der Waals surface area contributed by atoms with E-state index in [-0.39, 0.29) is 10.5 Å². The summed E-state index contributed by atoms with van der Waals surface area (Å²) in [5.41, 5.74) is 1.40. The molecule has 2 aromatic rings. The van der Waals surface area contributed by atoms with Gasteiger partial charge in [0.05, 0.1) is 5.69 Å². The molecule has 1 amide bonds. The monoisotopic (exact) mass is 403 g/mol. The average Bonchev–Trinajstić information content (AvgIpc) is 2.86. The second-order valence-corrected chi connectivity index (χ2v) is 8.60. The van der Waals surface area contributed by atoms with E-state index < -0.39 is 15.9 Å². The Morgan fingerprint density at radius 1 is 1.11 bits per heavy atom. The van der Waals surface area contributed by atoms with Crippen LogP contribution in [0.5, 0.6) is 0 Å². The Morgan fingerprint density at radius 2 is 1.96 bits per heavy atom. The van der Waals surface area contributed by atoms with E-state index in [4.69, 9.17) is 11.6 Å². The van der Waals surface area contributed by atoms with Crippen LogP contribution < -0.4 is 10.2 Å². The van der Waals surface area contributed by atoms with Crippen LogP contribution in [0.3, 0.4) is 0 Å². The average molecular weight is 404 g/mol. The summed E-state index contributed by atoms with van der Waals surface area (Å²) < 4.78 is 29.3. The Bertz CT molecular complexity index is 1050. The van der Waals surface area contributed by atoms with E-state index in [9.17, 15) is 13.2 Å². The van der Waals surface area contributed by atoms with Crippen molar-refractivity contribution in [1.29, 1.82) is 0 Å². The quantitative estimate of drug-likeness (QED) is 0.819. The summed E-state index contributed by atoms with van der Waals surface area (Å²) in [6.07, 6.45) is 3.61. The van der Waals surface area contributed by atoms with Crippen LogP contribution in [0.25, 0.3) is 0 Å². The van der Waals surface area contributed by atoms with E-state index >= 15 is 0 Å². The van der Waals surface area contributed by atoms with Gasteiger partial charge < -0.3 is 10.2 Å². The molecule has 0 unspecified atom stereocenters. The lowest BCUT2D eigenvalue weighted by Crippen LogP contribution is -2.35. The maximum atomic E-state index is 12.7. The fourth-order valence-corrected chi connectivity index (χ4v) is 4.86. The summed E-state index contributed by atoms with van der Waals surface area (Å²) >= 11 is 5.93. The maximum absolute atomic E-state index is 12.7. The first-order chi connectivity index (χ1) is 12.9. The van der Waals surface area contributed by atoms with Crippen molar-refractivity contribution in [3.63, 3.8) is 0 Å². The maximum Gasteiger partial charge on any atom is 0.286 e. The predicted octanol–water partition coefficient (Wildman–Crippen LogP) is 4.07. The number of sulfonamides is 1. The highest BCUT2D eigenvalue weighted by Gasteiger charge is 2.32. The number of anilines is 2. The number of hydrogen-bond acceptors (Lipinski definition) is 4. The number of amidine groups is 1. The highest BCUT2D eigenvalue weighted by atomic mass is 35.5. The fourth-order valence-electron chi connectivity index (χ4n) is 3.39. The first-order valence-corrected chi connectivity index (χ1v) is 10.6. The number of carbonyl (C=O) groups excluding carboxylic acids is 1. The molecular weight excluding hydrogens is 386 g/mol. The van der Waals surface area contributed by atoms with Crippen LogP contribution in [0, 0.1) is 0 Å². The first kappa shape index (κ1) is 18.0. The Kier molecular flexibility index (Phi) is 4.65. The molecule has 2 aliphatic rings. The smallest absolute Gasteiger partial charge is 0.286 e. The van der Waals surface area contributed by atoms with Crippen molar-refractivity contribution in [1.82, 2.24) is 0 Å². The largest absolute Gasteiger partial charge is 0.328 e. The zero-order chi connectivity index (χ0) is 19.0. The highest BCUT2D eigenvalue weighted by Crippen LogP contribution is 2.35. The number of rotatable bonds is 2. The van der Waals surface area contributed by atoms with Crippen molar-refractivity contribution in [3.05, 3.63) is 53.1 Å². The minimum atomic E-state index is -3.82. The molecule has 0 radical (unpaired) electrons. The zero-order valence-corrected chi connectivity index (χ0v) is 16.1. The van der Waals surface area contributed by atoms with Crippen molar-refractivity contribution < 1.29 is 13.2 Å². The van der Waals surface area contributed by atoms with Crippen molar-refractivity contribution in [3.8, 4) is 0 Å². The molecule has 140 valence electrons. The molecule has 1 N–H and O–H groups in total. The number of fused-ring (bicyclic) bond motifs is 3. The van der Waals surface area contributed by atoms with E-state index in [0.29, 0.717) is 28.7 Å². The van der Waals surface area contributed by atoms with E-state index in [1.807, 2.05) is 4.90 Å². The summed E-state index contributed by atoms with van der Waals surface area (Å²) in [6.45, 7) is 0.732. The van der Waals surface area contributed by atoms with Gasteiger partial charge >= 0.3 is 0 Å². The number of nitrogens with one attached hydrogen (secondary N) is 1. The van der Waals surface area contributed by atoms with Crippen molar-refractivity contribution in [2.45, 2.75) is 30.6 Å². The van der Waals surface area contributed by atoms with E-state index in [0.717, 1.165) is 25.8 Å². The molecule has 1 saturated heterocycles. The molecule has 0 bridgehead atoms. The van der Waals surface area contributed by atoms with Crippen LogP contribution in [0.1, 0.15) is 36.0 Å². The summed E-state index contributed by atoms with van der Waals surface area (Å²) in [5, 5.41) is 3.24. The fraction of sp³-hybridized carbons (Fsp3) is 0.263. The van der Waals surface area contributed by atoms with Crippen LogP contribution >= 0.6 is 11.6 Å². The van der Waals surface area contributed by atoms with Gasteiger partial charge in [0.2, 0.25) is 0 Å². The van der Waals surface area contributed by atoms with Crippen molar-refractivity contribution >= 4 is 44.7 Å². The molecular formula is C19H18ClN3O3S. The first-order valence-electron chi connectivity index (χ1n) is 8.76. The Hall–Kier alpha value is -2.38. The summed E-state index contributed by atoms with van der Waals surface area (Å²) in [4.78, 5) is 14.6. The lowest BCUT2D eigenvalue weighted by Gasteiger charge is -2.29. The molecule has 0 spiro atoms. The van der Waals surface area contributed by atoms with Gasteiger partial charge in [0, 0.05) is 29.2 Å². The molecule has 0 saturated carbocycles. The van der Waals surface area contributed by atoms with E-state index in [1.54, 1.807) is 36.4 Å². The normalized spacial score (nSPS) is 18.0. The minimum absolute atomic E-state index is 0.0758. The Balaban J connectivity index is 1.69. The molecule has 2 aromatic carbocycles. The van der Waals surface area contributed by atoms with Gasteiger partial charge in [-0.25, -0.2) is 0 Å². The lowest BCUT2D eigenvalue weighted by atomic mass is 10.1. The SMILES string of the molecule is O=C(Nc1cccc(Cl)c1)c1ccc2c(c1)S(=O)(=O)N=C1CCCCCN12. The third-order valence-corrected chi connectivity index (χ3v) is 6.26. The van der Waals surface area contributed by atoms with Crippen molar-refractivity contribution in [2.24, 2.45) is 4.40 Å². The van der Waals surface area contributed by atoms with Gasteiger partial charge in [0.25, 0.3) is 15.9 Å².